The first-order valence-corrected chi connectivity index (χ1v) is 7.65. The van der Waals surface area contributed by atoms with E-state index in [2.05, 4.69) is 43.0 Å². The number of rotatable bonds is 8. The summed E-state index contributed by atoms with van der Waals surface area (Å²) in [6.45, 7) is 8.27. The number of benzene rings is 1. The Morgan fingerprint density at radius 1 is 1.16 bits per heavy atom. The molecule has 1 aliphatic rings. The van der Waals surface area contributed by atoms with Crippen LogP contribution in [-0.2, 0) is 0 Å². The van der Waals surface area contributed by atoms with Gasteiger partial charge in [-0.3, -0.25) is 0 Å². The Kier molecular flexibility index (Phi) is 5.26. The Morgan fingerprint density at radius 2 is 1.84 bits per heavy atom. The van der Waals surface area contributed by atoms with Crippen molar-refractivity contribution in [1.82, 2.24) is 4.90 Å². The lowest BCUT2D eigenvalue weighted by molar-refractivity contribution is 0.262. The lowest BCUT2D eigenvalue weighted by atomic mass is 10.1. The Labute approximate surface area is 117 Å². The zero-order chi connectivity index (χ0) is 13.7. The van der Waals surface area contributed by atoms with Crippen LogP contribution in [0.25, 0.3) is 0 Å². The van der Waals surface area contributed by atoms with Crippen LogP contribution < -0.4 is 4.74 Å². The Morgan fingerprint density at radius 3 is 2.47 bits per heavy atom. The monoisotopic (exact) mass is 261 g/mol. The first kappa shape index (κ1) is 14.4. The van der Waals surface area contributed by atoms with Crippen molar-refractivity contribution in [3.63, 3.8) is 0 Å². The van der Waals surface area contributed by atoms with Crippen LogP contribution in [0.5, 0.6) is 5.75 Å². The fourth-order valence-electron chi connectivity index (χ4n) is 3.06. The summed E-state index contributed by atoms with van der Waals surface area (Å²) in [5, 5.41) is 0. The second-order valence-electron chi connectivity index (χ2n) is 5.64. The van der Waals surface area contributed by atoms with Crippen molar-refractivity contribution < 1.29 is 4.74 Å². The summed E-state index contributed by atoms with van der Waals surface area (Å²) in [6.07, 6.45) is 3.84. The maximum Gasteiger partial charge on any atom is 0.122 e. The average molecular weight is 261 g/mol. The van der Waals surface area contributed by atoms with Crippen molar-refractivity contribution in [2.24, 2.45) is 5.92 Å². The number of para-hydroxylation sites is 1. The van der Waals surface area contributed by atoms with Crippen LogP contribution >= 0.6 is 0 Å². The van der Waals surface area contributed by atoms with Crippen molar-refractivity contribution in [1.29, 1.82) is 0 Å². The van der Waals surface area contributed by atoms with Gasteiger partial charge in [0.2, 0.25) is 0 Å². The van der Waals surface area contributed by atoms with Gasteiger partial charge in [-0.25, -0.2) is 0 Å². The van der Waals surface area contributed by atoms with E-state index in [-0.39, 0.29) is 0 Å². The van der Waals surface area contributed by atoms with Gasteiger partial charge >= 0.3 is 0 Å². The van der Waals surface area contributed by atoms with E-state index in [1.807, 2.05) is 0 Å². The van der Waals surface area contributed by atoms with Gasteiger partial charge in [0, 0.05) is 6.54 Å². The first-order valence-electron chi connectivity index (χ1n) is 7.65. The van der Waals surface area contributed by atoms with E-state index >= 15 is 0 Å². The highest BCUT2D eigenvalue weighted by Gasteiger charge is 2.40. The quantitative estimate of drug-likeness (QED) is 0.703. The second-order valence-corrected chi connectivity index (χ2v) is 5.64. The van der Waals surface area contributed by atoms with Crippen LogP contribution in [0.15, 0.2) is 24.3 Å². The van der Waals surface area contributed by atoms with Gasteiger partial charge in [0.1, 0.15) is 5.75 Å². The number of nitrogens with zero attached hydrogens (tertiary/aromatic N) is 1. The molecule has 0 saturated heterocycles. The second kappa shape index (κ2) is 6.95. The van der Waals surface area contributed by atoms with Crippen LogP contribution in [0.1, 0.15) is 44.6 Å². The van der Waals surface area contributed by atoms with E-state index in [9.17, 15) is 0 Å². The summed E-state index contributed by atoms with van der Waals surface area (Å²) in [5.74, 6) is 2.61. The molecule has 2 heteroatoms. The predicted molar refractivity (Wildman–Crippen MR) is 80.9 cm³/mol. The molecule has 19 heavy (non-hydrogen) atoms. The largest absolute Gasteiger partial charge is 0.496 e. The summed E-state index contributed by atoms with van der Waals surface area (Å²) in [4.78, 5) is 2.63. The van der Waals surface area contributed by atoms with Gasteiger partial charge in [0.15, 0.2) is 0 Å². The smallest absolute Gasteiger partial charge is 0.122 e. The van der Waals surface area contributed by atoms with Crippen molar-refractivity contribution in [3.05, 3.63) is 29.8 Å². The standard InChI is InChI=1S/C17H27NO/c1-4-10-18(11-5-2)13-14-12-16(14)15-8-6-7-9-17(15)19-3/h6-9,14,16H,4-5,10-13H2,1-3H3/t14-,16-/m0/s1. The molecule has 0 heterocycles. The van der Waals surface area contributed by atoms with Crippen LogP contribution in [0.4, 0.5) is 0 Å². The molecule has 2 nitrogen and oxygen atoms in total. The lowest BCUT2D eigenvalue weighted by Gasteiger charge is -2.21. The average Bonchev–Trinajstić information content (AvgIpc) is 3.18. The van der Waals surface area contributed by atoms with E-state index < -0.39 is 0 Å². The van der Waals surface area contributed by atoms with Gasteiger partial charge in [-0.15, -0.1) is 0 Å². The SMILES string of the molecule is CCCN(CCC)C[C@@H]1C[C@@H]1c1ccccc1OC. The molecule has 0 amide bonds. The molecule has 0 aromatic heterocycles. The van der Waals surface area contributed by atoms with E-state index in [0.717, 1.165) is 11.7 Å². The molecule has 1 fully saturated rings. The molecule has 0 unspecified atom stereocenters. The van der Waals surface area contributed by atoms with Gasteiger partial charge in [-0.05, 0) is 55.8 Å². The Hall–Kier alpha value is -1.02. The van der Waals surface area contributed by atoms with E-state index in [4.69, 9.17) is 4.74 Å². The molecule has 2 rings (SSSR count). The van der Waals surface area contributed by atoms with Crippen LogP contribution in [0.3, 0.4) is 0 Å². The normalized spacial score (nSPS) is 21.7. The number of ether oxygens (including phenoxy) is 1. The van der Waals surface area contributed by atoms with E-state index in [1.54, 1.807) is 7.11 Å². The molecule has 1 aliphatic carbocycles. The van der Waals surface area contributed by atoms with Gasteiger partial charge in [0.05, 0.1) is 7.11 Å². The third kappa shape index (κ3) is 3.73. The van der Waals surface area contributed by atoms with Gasteiger partial charge < -0.3 is 9.64 Å². The van der Waals surface area contributed by atoms with Crippen LogP contribution in [0.2, 0.25) is 0 Å². The molecule has 1 aromatic rings. The van der Waals surface area contributed by atoms with Crippen LogP contribution in [-0.4, -0.2) is 31.6 Å². The summed E-state index contributed by atoms with van der Waals surface area (Å²) in [6, 6.07) is 8.50. The zero-order valence-electron chi connectivity index (χ0n) is 12.6. The fourth-order valence-corrected chi connectivity index (χ4v) is 3.06. The minimum absolute atomic E-state index is 0.715. The van der Waals surface area contributed by atoms with E-state index in [0.29, 0.717) is 5.92 Å². The number of hydrogen-bond acceptors (Lipinski definition) is 2. The van der Waals surface area contributed by atoms with Gasteiger partial charge in [0.25, 0.3) is 0 Å². The fraction of sp³-hybridized carbons (Fsp3) is 0.647. The molecule has 0 aliphatic heterocycles. The molecule has 1 aromatic carbocycles. The topological polar surface area (TPSA) is 12.5 Å². The van der Waals surface area contributed by atoms with Crippen molar-refractivity contribution in [2.45, 2.75) is 39.0 Å². The third-order valence-electron chi connectivity index (χ3n) is 4.03. The summed E-state index contributed by atoms with van der Waals surface area (Å²) >= 11 is 0. The number of methoxy groups -OCH3 is 1. The molecule has 0 N–H and O–H groups in total. The minimum Gasteiger partial charge on any atom is -0.496 e. The number of hydrogen-bond donors (Lipinski definition) is 0. The highest BCUT2D eigenvalue weighted by Crippen LogP contribution is 2.50. The summed E-state index contributed by atoms with van der Waals surface area (Å²) in [7, 11) is 1.77. The molecule has 106 valence electrons. The summed E-state index contributed by atoms with van der Waals surface area (Å²) < 4.78 is 5.48. The molecule has 0 spiro atoms. The maximum atomic E-state index is 5.48. The molecule has 0 radical (unpaired) electrons. The summed E-state index contributed by atoms with van der Waals surface area (Å²) in [5.41, 5.74) is 1.41. The zero-order valence-corrected chi connectivity index (χ0v) is 12.6. The van der Waals surface area contributed by atoms with Crippen LogP contribution in [0, 0.1) is 5.92 Å². The minimum atomic E-state index is 0.715. The first-order chi connectivity index (χ1) is 9.30. The predicted octanol–water partition coefficient (Wildman–Crippen LogP) is 3.92. The molecule has 0 bridgehead atoms. The highest BCUT2D eigenvalue weighted by atomic mass is 16.5. The molecule has 2 atom stereocenters. The van der Waals surface area contributed by atoms with E-state index in [1.165, 1.54) is 44.5 Å². The maximum absolute atomic E-state index is 5.48. The van der Waals surface area contributed by atoms with Gasteiger partial charge in [-0.1, -0.05) is 32.0 Å². The molecule has 1 saturated carbocycles. The Balaban J connectivity index is 1.92. The third-order valence-corrected chi connectivity index (χ3v) is 4.03. The molecular formula is C17H27NO. The van der Waals surface area contributed by atoms with Crippen molar-refractivity contribution in [2.75, 3.05) is 26.7 Å². The highest BCUT2D eigenvalue weighted by molar-refractivity contribution is 5.39. The molecular weight excluding hydrogens is 234 g/mol. The Bertz CT molecular complexity index is 385. The van der Waals surface area contributed by atoms with Crippen molar-refractivity contribution in [3.8, 4) is 5.75 Å². The van der Waals surface area contributed by atoms with Gasteiger partial charge in [-0.2, -0.15) is 0 Å². The van der Waals surface area contributed by atoms with Crippen molar-refractivity contribution >= 4 is 0 Å². The lowest BCUT2D eigenvalue weighted by Crippen LogP contribution is -2.28.